The molecule has 33 heavy (non-hydrogen) atoms. The number of aliphatic hydroxyl groups excluding tert-OH is 1. The zero-order valence-corrected chi connectivity index (χ0v) is 19.8. The lowest BCUT2D eigenvalue weighted by molar-refractivity contribution is -0.122. The first-order valence-electron chi connectivity index (χ1n) is 11.0. The lowest BCUT2D eigenvalue weighted by Gasteiger charge is -2.29. The van der Waals surface area contributed by atoms with Gasteiger partial charge in [-0.3, -0.25) is 9.36 Å². The number of nitrogens with zero attached hydrogens (tertiary/aromatic N) is 4. The number of aliphatic hydroxyl groups is 1. The first-order chi connectivity index (χ1) is 15.9. The third-order valence-corrected chi connectivity index (χ3v) is 6.77. The molecule has 0 radical (unpaired) electrons. The maximum Gasteiger partial charge on any atom is 0.225 e. The summed E-state index contributed by atoms with van der Waals surface area (Å²) < 4.78 is 2.03. The van der Waals surface area contributed by atoms with Crippen molar-refractivity contribution in [3.05, 3.63) is 34.4 Å². The standard InChI is InChI=1S/C22H27Cl2N7O2/c1-2-13(11-32)27-21-26-10-17-20(30-21)31(14-8-6-12(7-9-14)19(25)33)22(28-17)29-18-15(23)4-3-5-16(18)24/h3-5,10,12-14,32H,2,6-9,11H2,1H3,(H2,25,33)(H,28,29)(H,26,27,30)/t12-,13-,14+/m0/s1. The Kier molecular flexibility index (Phi) is 7.21. The molecular weight excluding hydrogens is 465 g/mol. The number of nitrogens with two attached hydrogens (primary N) is 1. The molecular formula is C22H27Cl2N7O2. The fourth-order valence-electron chi connectivity index (χ4n) is 4.20. The summed E-state index contributed by atoms with van der Waals surface area (Å²) in [6.07, 6.45) is 5.29. The molecule has 1 aliphatic carbocycles. The Labute approximate surface area is 201 Å². The number of rotatable bonds is 8. The minimum absolute atomic E-state index is 0.0217. The lowest BCUT2D eigenvalue weighted by Crippen LogP contribution is -2.29. The van der Waals surface area contributed by atoms with Crippen molar-refractivity contribution in [3.8, 4) is 0 Å². The van der Waals surface area contributed by atoms with Crippen LogP contribution in [0.15, 0.2) is 24.4 Å². The average molecular weight is 492 g/mol. The second-order valence-corrected chi connectivity index (χ2v) is 9.08. The van der Waals surface area contributed by atoms with Crippen LogP contribution in [0.3, 0.4) is 0 Å². The number of hydrogen-bond donors (Lipinski definition) is 4. The van der Waals surface area contributed by atoms with Crippen molar-refractivity contribution in [2.75, 3.05) is 17.2 Å². The van der Waals surface area contributed by atoms with Gasteiger partial charge in [0.25, 0.3) is 0 Å². The van der Waals surface area contributed by atoms with Crippen LogP contribution < -0.4 is 16.4 Å². The summed E-state index contributed by atoms with van der Waals surface area (Å²) in [6.45, 7) is 1.95. The molecule has 0 saturated heterocycles. The number of carbonyl (C=O) groups excluding carboxylic acids is 1. The maximum atomic E-state index is 11.7. The summed E-state index contributed by atoms with van der Waals surface area (Å²) in [6, 6.07) is 5.19. The normalized spacial score (nSPS) is 19.4. The number of aromatic nitrogens is 4. The van der Waals surface area contributed by atoms with E-state index in [1.165, 1.54) is 0 Å². The molecule has 1 aliphatic rings. The first kappa shape index (κ1) is 23.5. The third-order valence-electron chi connectivity index (χ3n) is 6.14. The van der Waals surface area contributed by atoms with E-state index < -0.39 is 0 Å². The van der Waals surface area contributed by atoms with Gasteiger partial charge in [-0.2, -0.15) is 4.98 Å². The number of benzene rings is 1. The van der Waals surface area contributed by atoms with E-state index in [2.05, 4.69) is 15.6 Å². The van der Waals surface area contributed by atoms with Gasteiger partial charge in [0.15, 0.2) is 5.65 Å². The molecule has 4 rings (SSSR count). The zero-order chi connectivity index (χ0) is 23.5. The molecule has 1 amide bonds. The van der Waals surface area contributed by atoms with Gasteiger partial charge >= 0.3 is 0 Å². The Hall–Kier alpha value is -2.62. The molecule has 1 aromatic carbocycles. The first-order valence-corrected chi connectivity index (χ1v) is 11.8. The largest absolute Gasteiger partial charge is 0.394 e. The Morgan fingerprint density at radius 2 is 1.94 bits per heavy atom. The molecule has 1 saturated carbocycles. The van der Waals surface area contributed by atoms with Crippen LogP contribution in [-0.2, 0) is 4.79 Å². The minimum atomic E-state index is -0.256. The number of nitrogens with one attached hydrogen (secondary N) is 2. The summed E-state index contributed by atoms with van der Waals surface area (Å²) in [4.78, 5) is 25.5. The number of amides is 1. The van der Waals surface area contributed by atoms with Crippen LogP contribution in [0.5, 0.6) is 0 Å². The Morgan fingerprint density at radius 1 is 1.24 bits per heavy atom. The van der Waals surface area contributed by atoms with E-state index in [-0.39, 0.29) is 30.5 Å². The predicted octanol–water partition coefficient (Wildman–Crippen LogP) is 4.28. The topological polar surface area (TPSA) is 131 Å². The number of hydrogen-bond acceptors (Lipinski definition) is 7. The van der Waals surface area contributed by atoms with Gasteiger partial charge in [0.1, 0.15) is 5.52 Å². The third kappa shape index (κ3) is 5.00. The predicted molar refractivity (Wildman–Crippen MR) is 130 cm³/mol. The fraction of sp³-hybridized carbons (Fsp3) is 0.455. The number of imidazole rings is 1. The van der Waals surface area contributed by atoms with E-state index in [1.54, 1.807) is 24.4 Å². The summed E-state index contributed by atoms with van der Waals surface area (Å²) in [5.41, 5.74) is 7.35. The maximum absolute atomic E-state index is 11.7. The quantitative estimate of drug-likeness (QED) is 0.369. The van der Waals surface area contributed by atoms with Crippen molar-refractivity contribution in [1.82, 2.24) is 19.5 Å². The highest BCUT2D eigenvalue weighted by molar-refractivity contribution is 6.39. The Balaban J connectivity index is 1.76. The minimum Gasteiger partial charge on any atom is -0.394 e. The van der Waals surface area contributed by atoms with E-state index in [4.69, 9.17) is 38.9 Å². The van der Waals surface area contributed by atoms with Crippen molar-refractivity contribution < 1.29 is 9.90 Å². The van der Waals surface area contributed by atoms with Crippen LogP contribution >= 0.6 is 23.2 Å². The summed E-state index contributed by atoms with van der Waals surface area (Å²) >= 11 is 12.8. The van der Waals surface area contributed by atoms with Crippen LogP contribution in [0, 0.1) is 5.92 Å². The van der Waals surface area contributed by atoms with Gasteiger partial charge in [-0.1, -0.05) is 36.2 Å². The molecule has 1 fully saturated rings. The highest BCUT2D eigenvalue weighted by Gasteiger charge is 2.29. The van der Waals surface area contributed by atoms with E-state index in [0.717, 1.165) is 19.3 Å². The van der Waals surface area contributed by atoms with Crippen molar-refractivity contribution in [1.29, 1.82) is 0 Å². The van der Waals surface area contributed by atoms with Crippen LogP contribution in [0.2, 0.25) is 10.0 Å². The lowest BCUT2D eigenvalue weighted by atomic mass is 9.85. The van der Waals surface area contributed by atoms with Crippen LogP contribution in [-0.4, -0.2) is 43.2 Å². The van der Waals surface area contributed by atoms with Gasteiger partial charge in [0.2, 0.25) is 17.8 Å². The molecule has 2 aromatic heterocycles. The van der Waals surface area contributed by atoms with E-state index in [0.29, 0.717) is 51.6 Å². The van der Waals surface area contributed by atoms with Crippen LogP contribution in [0.1, 0.15) is 45.1 Å². The van der Waals surface area contributed by atoms with Crippen molar-refractivity contribution >= 4 is 57.9 Å². The van der Waals surface area contributed by atoms with Crippen LogP contribution in [0.25, 0.3) is 11.2 Å². The fourth-order valence-corrected chi connectivity index (χ4v) is 4.69. The molecule has 0 bridgehead atoms. The van der Waals surface area contributed by atoms with Gasteiger partial charge in [0, 0.05) is 12.0 Å². The second kappa shape index (κ2) is 10.1. The van der Waals surface area contributed by atoms with Crippen molar-refractivity contribution in [3.63, 3.8) is 0 Å². The molecule has 9 nitrogen and oxygen atoms in total. The second-order valence-electron chi connectivity index (χ2n) is 8.27. The average Bonchev–Trinajstić information content (AvgIpc) is 3.17. The summed E-state index contributed by atoms with van der Waals surface area (Å²) in [7, 11) is 0. The molecule has 0 aliphatic heterocycles. The van der Waals surface area contributed by atoms with Crippen molar-refractivity contribution in [2.45, 2.75) is 51.1 Å². The zero-order valence-electron chi connectivity index (χ0n) is 18.3. The highest BCUT2D eigenvalue weighted by Crippen LogP contribution is 2.39. The smallest absolute Gasteiger partial charge is 0.225 e. The van der Waals surface area contributed by atoms with E-state index in [9.17, 15) is 9.90 Å². The van der Waals surface area contributed by atoms with E-state index >= 15 is 0 Å². The molecule has 1 atom stereocenters. The SMILES string of the molecule is CC[C@@H](CO)Nc1ncc2nc(Nc3c(Cl)cccc3Cl)n([C@H]3CC[C@@H](C(N)=O)CC3)c2n1. The van der Waals surface area contributed by atoms with Gasteiger partial charge in [-0.15, -0.1) is 0 Å². The number of carbonyl (C=O) groups is 1. The molecule has 176 valence electrons. The summed E-state index contributed by atoms with van der Waals surface area (Å²) in [5, 5.41) is 16.9. The number of anilines is 3. The Bertz CT molecular complexity index is 1120. The molecule has 3 aromatic rings. The number of primary amides is 1. The molecule has 2 heterocycles. The monoisotopic (exact) mass is 491 g/mol. The molecule has 0 spiro atoms. The molecule has 5 N–H and O–H groups in total. The molecule has 11 heteroatoms. The van der Waals surface area contributed by atoms with Crippen LogP contribution in [0.4, 0.5) is 17.6 Å². The number of para-hydroxylation sites is 1. The molecule has 0 unspecified atom stereocenters. The Morgan fingerprint density at radius 3 is 2.55 bits per heavy atom. The van der Waals surface area contributed by atoms with Gasteiger partial charge in [-0.05, 0) is 44.2 Å². The number of halogens is 2. The highest BCUT2D eigenvalue weighted by atomic mass is 35.5. The van der Waals surface area contributed by atoms with Gasteiger partial charge in [-0.25, -0.2) is 9.97 Å². The number of fused-ring (bicyclic) bond motifs is 1. The van der Waals surface area contributed by atoms with E-state index in [1.807, 2.05) is 11.5 Å². The van der Waals surface area contributed by atoms with Crippen molar-refractivity contribution in [2.24, 2.45) is 11.7 Å². The summed E-state index contributed by atoms with van der Waals surface area (Å²) in [5.74, 6) is 0.585. The van der Waals surface area contributed by atoms with Gasteiger partial charge in [0.05, 0.1) is 34.6 Å². The van der Waals surface area contributed by atoms with Gasteiger partial charge < -0.3 is 21.5 Å².